The van der Waals surface area contributed by atoms with E-state index < -0.39 is 101 Å². The van der Waals surface area contributed by atoms with Gasteiger partial charge in [-0.25, -0.2) is 9.97 Å². The lowest BCUT2D eigenvalue weighted by Crippen LogP contribution is -2.74. The molecule has 0 atom stereocenters. The molecule has 1 aromatic carbocycles. The number of alkyl halides is 20. The quantitative estimate of drug-likeness (QED) is 0.134. The van der Waals surface area contributed by atoms with Crippen molar-refractivity contribution in [3.63, 3.8) is 0 Å². The molecule has 54 heavy (non-hydrogen) atoms. The normalized spacial score (nSPS) is 14.6. The lowest BCUT2D eigenvalue weighted by molar-refractivity contribution is -0.461. The molecule has 3 heterocycles. The van der Waals surface area contributed by atoms with Crippen molar-refractivity contribution in [1.29, 1.82) is 0 Å². The van der Waals surface area contributed by atoms with Crippen LogP contribution in [0.3, 0.4) is 0 Å². The molecule has 0 aliphatic heterocycles. The van der Waals surface area contributed by atoms with E-state index in [4.69, 9.17) is 0 Å². The van der Waals surface area contributed by atoms with Crippen molar-refractivity contribution >= 4 is 11.0 Å². The van der Waals surface area contributed by atoms with Crippen LogP contribution in [-0.4, -0.2) is 77.2 Å². The Morgan fingerprint density at radius 1 is 0.648 bits per heavy atom. The van der Waals surface area contributed by atoms with Crippen LogP contribution < -0.4 is 5.56 Å². The molecule has 3 aromatic heterocycles. The third kappa shape index (κ3) is 6.55. The molecule has 0 bridgehead atoms. The molecule has 0 amide bonds. The molecule has 27 heteroatoms. The van der Waals surface area contributed by atoms with Crippen molar-refractivity contribution < 1.29 is 87.8 Å². The third-order valence-electron chi connectivity index (χ3n) is 7.53. The fourth-order valence-corrected chi connectivity index (χ4v) is 4.55. The summed E-state index contributed by atoms with van der Waals surface area (Å²) in [5.74, 6) is -57.5. The van der Waals surface area contributed by atoms with E-state index in [1.165, 1.54) is 24.3 Å². The molecule has 0 saturated carbocycles. The number of pyridine rings is 1. The van der Waals surface area contributed by atoms with Crippen molar-refractivity contribution in [2.45, 2.75) is 73.3 Å². The molecular formula is C27H14F20N6O. The number of benzene rings is 1. The van der Waals surface area contributed by atoms with Crippen LogP contribution in [0.2, 0.25) is 0 Å². The summed E-state index contributed by atoms with van der Waals surface area (Å²) in [5.41, 5.74) is -4.30. The fraction of sp³-hybridized carbons (Fsp3) is 0.444. The van der Waals surface area contributed by atoms with Gasteiger partial charge >= 0.3 is 53.8 Å². The molecule has 7 nitrogen and oxygen atoms in total. The highest BCUT2D eigenvalue weighted by molar-refractivity contribution is 5.82. The molecule has 0 aliphatic carbocycles. The number of halogens is 20. The van der Waals surface area contributed by atoms with Gasteiger partial charge in [0.15, 0.2) is 5.65 Å². The monoisotopic (exact) mass is 818 g/mol. The molecule has 0 spiro atoms. The molecule has 0 aliphatic rings. The fourth-order valence-electron chi connectivity index (χ4n) is 4.55. The number of hydrogen-bond acceptors (Lipinski definition) is 5. The van der Waals surface area contributed by atoms with Gasteiger partial charge in [-0.1, -0.05) is 35.5 Å². The van der Waals surface area contributed by atoms with E-state index in [2.05, 4.69) is 20.3 Å². The van der Waals surface area contributed by atoms with Gasteiger partial charge in [0.1, 0.15) is 12.0 Å². The zero-order valence-electron chi connectivity index (χ0n) is 25.4. The topological polar surface area (TPSA) is 78.5 Å². The molecule has 4 aromatic rings. The van der Waals surface area contributed by atoms with E-state index in [1.807, 2.05) is 0 Å². The second-order valence-corrected chi connectivity index (χ2v) is 11.2. The summed E-state index contributed by atoms with van der Waals surface area (Å²) < 4.78 is 272. The second-order valence-electron chi connectivity index (χ2n) is 11.2. The number of nitrogens with zero attached hydrogens (tertiary/aromatic N) is 6. The molecule has 0 unspecified atom stereocenters. The van der Waals surface area contributed by atoms with E-state index in [0.29, 0.717) is 23.2 Å². The second kappa shape index (κ2) is 12.9. The molecular weight excluding hydrogens is 804 g/mol. The van der Waals surface area contributed by atoms with Crippen LogP contribution in [0.25, 0.3) is 22.3 Å². The Hall–Kier alpha value is -4.75. The Balaban J connectivity index is 1.59. The number of aromatic nitrogens is 6. The van der Waals surface area contributed by atoms with E-state index in [1.54, 1.807) is 6.07 Å². The number of aryl methyl sites for hydroxylation is 1. The minimum Gasteiger partial charge on any atom is -0.292 e. The lowest BCUT2D eigenvalue weighted by atomic mass is 9.88. The van der Waals surface area contributed by atoms with E-state index in [-0.39, 0.29) is 15.9 Å². The highest BCUT2D eigenvalue weighted by atomic mass is 19.4. The van der Waals surface area contributed by atoms with Crippen LogP contribution in [0, 0.1) is 0 Å². The van der Waals surface area contributed by atoms with Crippen LogP contribution in [0.1, 0.15) is 17.7 Å². The third-order valence-corrected chi connectivity index (χ3v) is 7.53. The molecule has 298 valence electrons. The highest BCUT2D eigenvalue weighted by Crippen LogP contribution is 2.64. The maximum atomic E-state index is 14.3. The van der Waals surface area contributed by atoms with E-state index >= 15 is 0 Å². The Kier molecular flexibility index (Phi) is 10.1. The van der Waals surface area contributed by atoms with Gasteiger partial charge in [0, 0.05) is 18.5 Å². The zero-order valence-corrected chi connectivity index (χ0v) is 25.4. The molecule has 4 rings (SSSR count). The van der Waals surface area contributed by atoms with Gasteiger partial charge in [-0.3, -0.25) is 14.0 Å². The molecule has 0 saturated heterocycles. The van der Waals surface area contributed by atoms with Crippen LogP contribution in [0.15, 0.2) is 53.7 Å². The van der Waals surface area contributed by atoms with Gasteiger partial charge in [-0.15, -0.1) is 5.10 Å². The number of rotatable bonds is 12. The van der Waals surface area contributed by atoms with E-state index in [9.17, 15) is 92.6 Å². The van der Waals surface area contributed by atoms with Crippen molar-refractivity contribution in [1.82, 2.24) is 29.5 Å². The Bertz CT molecular complexity index is 2050. The standard InChI is InChI=1S/C27H14F20N6O/c28-19(29,21(33,34)22(35,36)23(37,38)24(39,40)25(41,42)26(43,44)27(45,46)47)6-7-53-10-13(50-51-53)9-52-11-48-17-16(18(52)54)14(20(30,31)32)8-15(49-17)12-4-2-1-3-5-12/h1-5,8,10-11H,6-7,9H2. The summed E-state index contributed by atoms with van der Waals surface area (Å²) in [7, 11) is 0. The Labute approximate surface area is 284 Å². The minimum atomic E-state index is -8.76. The van der Waals surface area contributed by atoms with Gasteiger partial charge in [0.2, 0.25) is 0 Å². The number of fused-ring (bicyclic) bond motifs is 1. The van der Waals surface area contributed by atoms with Gasteiger partial charge in [0.05, 0.1) is 29.4 Å². The van der Waals surface area contributed by atoms with Crippen LogP contribution in [0.5, 0.6) is 0 Å². The minimum absolute atomic E-state index is 0.0244. The van der Waals surface area contributed by atoms with Crippen molar-refractivity contribution in [2.75, 3.05) is 0 Å². The molecule has 0 fully saturated rings. The van der Waals surface area contributed by atoms with Crippen molar-refractivity contribution in [3.8, 4) is 11.3 Å². The first-order valence-corrected chi connectivity index (χ1v) is 13.9. The summed E-state index contributed by atoms with van der Waals surface area (Å²) >= 11 is 0. The van der Waals surface area contributed by atoms with Gasteiger partial charge in [-0.05, 0) is 6.07 Å². The van der Waals surface area contributed by atoms with Gasteiger partial charge in [0.25, 0.3) is 5.56 Å². The average Bonchev–Trinajstić information content (AvgIpc) is 3.51. The zero-order chi connectivity index (χ0) is 41.3. The van der Waals surface area contributed by atoms with Crippen LogP contribution >= 0.6 is 0 Å². The first-order chi connectivity index (χ1) is 24.3. The summed E-state index contributed by atoms with van der Waals surface area (Å²) in [5, 5.41) is 5.21. The first kappa shape index (κ1) is 42.0. The smallest absolute Gasteiger partial charge is 0.292 e. The van der Waals surface area contributed by atoms with E-state index in [0.717, 1.165) is 0 Å². The van der Waals surface area contributed by atoms with Gasteiger partial charge in [-0.2, -0.15) is 87.8 Å². The molecule has 0 radical (unpaired) electrons. The summed E-state index contributed by atoms with van der Waals surface area (Å²) in [6.45, 7) is -2.76. The number of hydrogen-bond donors (Lipinski definition) is 0. The predicted octanol–water partition coefficient (Wildman–Crippen LogP) is 8.52. The molecule has 0 N–H and O–H groups in total. The Morgan fingerprint density at radius 2 is 1.17 bits per heavy atom. The largest absolute Gasteiger partial charge is 0.460 e. The van der Waals surface area contributed by atoms with Crippen LogP contribution in [-0.2, 0) is 19.3 Å². The van der Waals surface area contributed by atoms with Crippen LogP contribution in [0.4, 0.5) is 87.8 Å². The maximum absolute atomic E-state index is 14.3. The average molecular weight is 818 g/mol. The predicted molar refractivity (Wildman–Crippen MR) is 139 cm³/mol. The lowest BCUT2D eigenvalue weighted by Gasteiger charge is -2.42. The SMILES string of the molecule is O=c1c2c(C(F)(F)F)cc(-c3ccccc3)nc2ncn1Cc1cn(CCC(F)(F)C(F)(F)C(F)(F)C(F)(F)C(F)(F)C(F)(F)C(F)(F)C(F)(F)F)nn1. The highest BCUT2D eigenvalue weighted by Gasteiger charge is 2.95. The summed E-state index contributed by atoms with van der Waals surface area (Å²) in [4.78, 5) is 20.7. The van der Waals surface area contributed by atoms with Crippen molar-refractivity contribution in [2.24, 2.45) is 0 Å². The Morgan fingerprint density at radius 3 is 1.69 bits per heavy atom. The summed E-state index contributed by atoms with van der Waals surface area (Å²) in [6.07, 6.45) is -14.8. The summed E-state index contributed by atoms with van der Waals surface area (Å²) in [6, 6.07) is 7.79. The maximum Gasteiger partial charge on any atom is 0.460 e. The van der Waals surface area contributed by atoms with Gasteiger partial charge < -0.3 is 0 Å². The first-order valence-electron chi connectivity index (χ1n) is 13.9. The van der Waals surface area contributed by atoms with Crippen molar-refractivity contribution in [3.05, 3.63) is 70.5 Å².